The topological polar surface area (TPSA) is 42.0 Å². The average molecular weight is 322 g/mol. The second kappa shape index (κ2) is 7.79. The van der Waals surface area contributed by atoms with Crippen molar-refractivity contribution in [3.8, 4) is 0 Å². The Hall–Kier alpha value is -2.33. The van der Waals surface area contributed by atoms with E-state index < -0.39 is 0 Å². The molecule has 3 aromatic rings. The van der Waals surface area contributed by atoms with Crippen LogP contribution in [0.25, 0.3) is 10.8 Å². The first-order valence-electron chi connectivity index (χ1n) is 7.58. The molecule has 0 aliphatic heterocycles. The molecule has 1 aromatic heterocycles. The third-order valence-electron chi connectivity index (χ3n) is 3.57. The molecule has 3 rings (SSSR count). The molecule has 1 N–H and O–H groups in total. The van der Waals surface area contributed by atoms with Crippen molar-refractivity contribution in [2.75, 3.05) is 12.3 Å². The van der Waals surface area contributed by atoms with E-state index in [1.54, 1.807) is 12.4 Å². The Morgan fingerprint density at radius 1 is 1.00 bits per heavy atom. The molecule has 3 nitrogen and oxygen atoms in total. The summed E-state index contributed by atoms with van der Waals surface area (Å²) in [6.07, 6.45) is 4.32. The van der Waals surface area contributed by atoms with Gasteiger partial charge < -0.3 is 5.32 Å². The molecule has 1 amide bonds. The zero-order valence-corrected chi connectivity index (χ0v) is 13.6. The maximum absolute atomic E-state index is 11.9. The lowest BCUT2D eigenvalue weighted by molar-refractivity contribution is -0.118. The van der Waals surface area contributed by atoms with Crippen LogP contribution in [0.2, 0.25) is 0 Å². The molecule has 0 aliphatic carbocycles. The van der Waals surface area contributed by atoms with E-state index in [0.29, 0.717) is 12.3 Å². The van der Waals surface area contributed by atoms with Gasteiger partial charge in [0.1, 0.15) is 0 Å². The summed E-state index contributed by atoms with van der Waals surface area (Å²) in [5, 5.41) is 5.46. The lowest BCUT2D eigenvalue weighted by atomic mass is 10.1. The standard InChI is InChI=1S/C19H18N2OS/c22-19(14-23-18-8-10-20-11-9-18)21-12-7-15-5-6-16-3-1-2-4-17(16)13-15/h1-6,8-11,13H,7,12,14H2,(H,21,22). The predicted octanol–water partition coefficient (Wildman–Crippen LogP) is 3.69. The minimum absolute atomic E-state index is 0.0626. The Morgan fingerprint density at radius 3 is 2.61 bits per heavy atom. The number of hydrogen-bond acceptors (Lipinski definition) is 3. The summed E-state index contributed by atoms with van der Waals surface area (Å²) in [4.78, 5) is 16.9. The van der Waals surface area contributed by atoms with Crippen LogP contribution in [0.1, 0.15) is 5.56 Å². The number of fused-ring (bicyclic) bond motifs is 1. The fraction of sp³-hybridized carbons (Fsp3) is 0.158. The molecule has 23 heavy (non-hydrogen) atoms. The molecule has 0 fully saturated rings. The van der Waals surface area contributed by atoms with Crippen molar-refractivity contribution in [3.63, 3.8) is 0 Å². The van der Waals surface area contributed by atoms with E-state index in [4.69, 9.17) is 0 Å². The second-order valence-corrected chi connectivity index (χ2v) is 6.30. The van der Waals surface area contributed by atoms with E-state index in [2.05, 4.69) is 40.6 Å². The third-order valence-corrected chi connectivity index (χ3v) is 4.58. The van der Waals surface area contributed by atoms with Gasteiger partial charge in [-0.25, -0.2) is 0 Å². The summed E-state index contributed by atoms with van der Waals surface area (Å²) in [6.45, 7) is 0.661. The summed E-state index contributed by atoms with van der Waals surface area (Å²) in [7, 11) is 0. The van der Waals surface area contributed by atoms with Gasteiger partial charge in [-0.15, -0.1) is 11.8 Å². The molecule has 0 radical (unpaired) electrons. The molecule has 4 heteroatoms. The predicted molar refractivity (Wildman–Crippen MR) is 95.6 cm³/mol. The zero-order chi connectivity index (χ0) is 15.9. The van der Waals surface area contributed by atoms with Crippen LogP contribution in [0.5, 0.6) is 0 Å². The maximum atomic E-state index is 11.9. The quantitative estimate of drug-likeness (QED) is 0.704. The van der Waals surface area contributed by atoms with E-state index in [0.717, 1.165) is 11.3 Å². The number of amides is 1. The number of nitrogens with one attached hydrogen (secondary N) is 1. The molecule has 0 spiro atoms. The van der Waals surface area contributed by atoms with Gasteiger partial charge in [0, 0.05) is 23.8 Å². The van der Waals surface area contributed by atoms with Gasteiger partial charge in [-0.1, -0.05) is 42.5 Å². The zero-order valence-electron chi connectivity index (χ0n) is 12.7. The van der Waals surface area contributed by atoms with E-state index >= 15 is 0 Å². The van der Waals surface area contributed by atoms with Crippen LogP contribution in [0, 0.1) is 0 Å². The summed E-state index contributed by atoms with van der Waals surface area (Å²) in [5.74, 6) is 0.495. The van der Waals surface area contributed by atoms with E-state index in [1.807, 2.05) is 24.3 Å². The molecule has 0 unspecified atom stereocenters. The fourth-order valence-corrected chi connectivity index (χ4v) is 3.09. The summed E-state index contributed by atoms with van der Waals surface area (Å²) in [6, 6.07) is 18.6. The average Bonchev–Trinajstić information content (AvgIpc) is 2.61. The normalized spacial score (nSPS) is 10.6. The van der Waals surface area contributed by atoms with Crippen LogP contribution in [0.4, 0.5) is 0 Å². The number of thioether (sulfide) groups is 1. The first-order valence-corrected chi connectivity index (χ1v) is 8.57. The SMILES string of the molecule is O=C(CSc1ccncc1)NCCc1ccc2ccccc2c1. The number of carbonyl (C=O) groups excluding carboxylic acids is 1. The number of aromatic nitrogens is 1. The van der Waals surface area contributed by atoms with Crippen molar-refractivity contribution in [2.24, 2.45) is 0 Å². The lowest BCUT2D eigenvalue weighted by Crippen LogP contribution is -2.27. The molecular formula is C19H18N2OS. The van der Waals surface area contributed by atoms with Gasteiger partial charge in [0.2, 0.25) is 5.91 Å². The maximum Gasteiger partial charge on any atom is 0.230 e. The molecular weight excluding hydrogens is 304 g/mol. The summed E-state index contributed by atoms with van der Waals surface area (Å²) >= 11 is 1.52. The van der Waals surface area contributed by atoms with Crippen molar-refractivity contribution in [2.45, 2.75) is 11.3 Å². The Labute approximate surface area is 140 Å². The highest BCUT2D eigenvalue weighted by Crippen LogP contribution is 2.16. The Bertz CT molecular complexity index is 789. The molecule has 116 valence electrons. The number of rotatable bonds is 6. The minimum Gasteiger partial charge on any atom is -0.355 e. The highest BCUT2D eigenvalue weighted by atomic mass is 32.2. The van der Waals surface area contributed by atoms with E-state index in [1.165, 1.54) is 28.1 Å². The molecule has 0 bridgehead atoms. The van der Waals surface area contributed by atoms with Crippen LogP contribution in [-0.2, 0) is 11.2 Å². The molecule has 1 heterocycles. The summed E-state index contributed by atoms with van der Waals surface area (Å²) < 4.78 is 0. The van der Waals surface area contributed by atoms with Crippen molar-refractivity contribution in [1.82, 2.24) is 10.3 Å². The van der Waals surface area contributed by atoms with Gasteiger partial charge >= 0.3 is 0 Å². The van der Waals surface area contributed by atoms with Crippen molar-refractivity contribution < 1.29 is 4.79 Å². The second-order valence-electron chi connectivity index (χ2n) is 5.25. The lowest BCUT2D eigenvalue weighted by Gasteiger charge is -2.06. The largest absolute Gasteiger partial charge is 0.355 e. The minimum atomic E-state index is 0.0626. The van der Waals surface area contributed by atoms with Gasteiger partial charge in [-0.3, -0.25) is 9.78 Å². The Balaban J connectivity index is 1.45. The monoisotopic (exact) mass is 322 g/mol. The van der Waals surface area contributed by atoms with Gasteiger partial charge in [0.15, 0.2) is 0 Å². The molecule has 0 saturated heterocycles. The fourth-order valence-electron chi connectivity index (χ4n) is 2.37. The number of benzene rings is 2. The smallest absolute Gasteiger partial charge is 0.230 e. The van der Waals surface area contributed by atoms with Gasteiger partial charge in [0.05, 0.1) is 5.75 Å². The highest BCUT2D eigenvalue weighted by molar-refractivity contribution is 8.00. The number of hydrogen-bond donors (Lipinski definition) is 1. The van der Waals surface area contributed by atoms with Crippen molar-refractivity contribution in [3.05, 3.63) is 72.6 Å². The summed E-state index contributed by atoms with van der Waals surface area (Å²) in [5.41, 5.74) is 1.24. The van der Waals surface area contributed by atoms with Crippen LogP contribution < -0.4 is 5.32 Å². The van der Waals surface area contributed by atoms with Crippen LogP contribution in [0.3, 0.4) is 0 Å². The molecule has 0 saturated carbocycles. The van der Waals surface area contributed by atoms with Gasteiger partial charge in [-0.2, -0.15) is 0 Å². The first-order chi connectivity index (χ1) is 11.3. The molecule has 0 aliphatic rings. The van der Waals surface area contributed by atoms with Crippen LogP contribution in [-0.4, -0.2) is 23.2 Å². The third kappa shape index (κ3) is 4.57. The van der Waals surface area contributed by atoms with Crippen molar-refractivity contribution in [1.29, 1.82) is 0 Å². The van der Waals surface area contributed by atoms with E-state index in [9.17, 15) is 4.79 Å². The number of nitrogens with zero attached hydrogens (tertiary/aromatic N) is 1. The first kappa shape index (κ1) is 15.6. The van der Waals surface area contributed by atoms with Crippen LogP contribution >= 0.6 is 11.8 Å². The van der Waals surface area contributed by atoms with Crippen molar-refractivity contribution >= 4 is 28.4 Å². The van der Waals surface area contributed by atoms with E-state index in [-0.39, 0.29) is 5.91 Å². The van der Waals surface area contributed by atoms with Gasteiger partial charge in [-0.05, 0) is 34.9 Å². The number of carbonyl (C=O) groups is 1. The van der Waals surface area contributed by atoms with Gasteiger partial charge in [0.25, 0.3) is 0 Å². The molecule has 2 aromatic carbocycles. The molecule has 0 atom stereocenters. The number of pyridine rings is 1. The van der Waals surface area contributed by atoms with Crippen LogP contribution in [0.15, 0.2) is 71.9 Å². The highest BCUT2D eigenvalue weighted by Gasteiger charge is 2.03. The Kier molecular flexibility index (Phi) is 5.27. The Morgan fingerprint density at radius 2 is 1.78 bits per heavy atom.